The average molecular weight is 270 g/mol. The number of aromatic nitrogens is 1. The highest BCUT2D eigenvalue weighted by Crippen LogP contribution is 2.16. The molecule has 4 N–H and O–H groups in total. The minimum atomic E-state index is -0.595. The smallest absolute Gasteiger partial charge is 0.231 e. The molecule has 18 heavy (non-hydrogen) atoms. The molecular formula is C11H18N4O2S. The molecule has 100 valence electrons. The van der Waals surface area contributed by atoms with Crippen molar-refractivity contribution in [1.82, 2.24) is 10.3 Å². The van der Waals surface area contributed by atoms with E-state index in [1.165, 1.54) is 11.3 Å². The molecule has 0 saturated heterocycles. The molecule has 1 amide bonds. The lowest BCUT2D eigenvalue weighted by Crippen LogP contribution is -2.39. The van der Waals surface area contributed by atoms with E-state index in [-0.39, 0.29) is 17.8 Å². The molecule has 0 spiro atoms. The summed E-state index contributed by atoms with van der Waals surface area (Å²) >= 11 is 1.48. The second kappa shape index (κ2) is 6.95. The Balaban J connectivity index is 2.67. The molecule has 2 atom stereocenters. The van der Waals surface area contributed by atoms with E-state index >= 15 is 0 Å². The van der Waals surface area contributed by atoms with Gasteiger partial charge in [0.1, 0.15) is 5.01 Å². The molecule has 1 aromatic rings. The number of thiazole rings is 1. The summed E-state index contributed by atoms with van der Waals surface area (Å²) in [4.78, 5) is 16.2. The highest BCUT2D eigenvalue weighted by Gasteiger charge is 2.24. The lowest BCUT2D eigenvalue weighted by molar-refractivity contribution is -0.123. The number of hydrogen-bond donors (Lipinski definition) is 3. The van der Waals surface area contributed by atoms with Crippen LogP contribution in [0.4, 0.5) is 0 Å². The van der Waals surface area contributed by atoms with E-state index in [4.69, 9.17) is 10.9 Å². The maximum absolute atomic E-state index is 12.0. The number of amidine groups is 1. The standard InChI is InChI=1S/C11H18N4O2S/c1-3-4-8(9(12)15-17)10(16)14-7(2)11-13-5-6-18-11/h5-8,17H,3-4H2,1-2H3,(H2,12,15)(H,14,16). The molecular weight excluding hydrogens is 252 g/mol. The molecule has 0 aliphatic heterocycles. The second-order valence-electron chi connectivity index (χ2n) is 3.97. The first-order valence-corrected chi connectivity index (χ1v) is 6.65. The van der Waals surface area contributed by atoms with E-state index in [0.717, 1.165) is 11.4 Å². The van der Waals surface area contributed by atoms with Gasteiger partial charge in [-0.3, -0.25) is 4.79 Å². The molecule has 2 unspecified atom stereocenters. The Morgan fingerprint density at radius 2 is 2.44 bits per heavy atom. The first-order valence-electron chi connectivity index (χ1n) is 5.77. The summed E-state index contributed by atoms with van der Waals surface area (Å²) in [7, 11) is 0. The number of rotatable bonds is 6. The lowest BCUT2D eigenvalue weighted by atomic mass is 10.0. The van der Waals surface area contributed by atoms with Crippen LogP contribution in [0.15, 0.2) is 16.7 Å². The largest absolute Gasteiger partial charge is 0.409 e. The van der Waals surface area contributed by atoms with Crippen LogP contribution in [0.3, 0.4) is 0 Å². The summed E-state index contributed by atoms with van der Waals surface area (Å²) in [6.07, 6.45) is 3.02. The number of oxime groups is 1. The van der Waals surface area contributed by atoms with Crippen LogP contribution in [0.1, 0.15) is 37.7 Å². The van der Waals surface area contributed by atoms with Gasteiger partial charge < -0.3 is 16.3 Å². The van der Waals surface area contributed by atoms with E-state index in [1.807, 2.05) is 19.2 Å². The highest BCUT2D eigenvalue weighted by atomic mass is 32.1. The van der Waals surface area contributed by atoms with E-state index < -0.39 is 5.92 Å². The van der Waals surface area contributed by atoms with Crippen molar-refractivity contribution >= 4 is 23.1 Å². The number of nitrogens with one attached hydrogen (secondary N) is 1. The van der Waals surface area contributed by atoms with Gasteiger partial charge in [0.15, 0.2) is 5.84 Å². The minimum Gasteiger partial charge on any atom is -0.409 e. The van der Waals surface area contributed by atoms with E-state index in [2.05, 4.69) is 15.5 Å². The van der Waals surface area contributed by atoms with Crippen molar-refractivity contribution in [2.24, 2.45) is 16.8 Å². The van der Waals surface area contributed by atoms with Gasteiger partial charge in [0.05, 0.1) is 12.0 Å². The molecule has 1 heterocycles. The number of carbonyl (C=O) groups is 1. The van der Waals surface area contributed by atoms with Crippen molar-refractivity contribution in [2.75, 3.05) is 0 Å². The number of carbonyl (C=O) groups excluding carboxylic acids is 1. The average Bonchev–Trinajstić information content (AvgIpc) is 2.88. The van der Waals surface area contributed by atoms with Crippen LogP contribution in [0.2, 0.25) is 0 Å². The molecule has 1 rings (SSSR count). The summed E-state index contributed by atoms with van der Waals surface area (Å²) < 4.78 is 0. The van der Waals surface area contributed by atoms with Crippen LogP contribution in [-0.4, -0.2) is 21.9 Å². The van der Waals surface area contributed by atoms with Gasteiger partial charge in [0, 0.05) is 11.6 Å². The number of nitrogens with zero attached hydrogens (tertiary/aromatic N) is 2. The topological polar surface area (TPSA) is 101 Å². The van der Waals surface area contributed by atoms with E-state index in [0.29, 0.717) is 6.42 Å². The molecule has 0 aliphatic carbocycles. The van der Waals surface area contributed by atoms with Crippen molar-refractivity contribution in [3.8, 4) is 0 Å². The summed E-state index contributed by atoms with van der Waals surface area (Å²) in [6, 6.07) is -0.177. The highest BCUT2D eigenvalue weighted by molar-refractivity contribution is 7.09. The molecule has 0 radical (unpaired) electrons. The van der Waals surface area contributed by atoms with Crippen LogP contribution in [0.5, 0.6) is 0 Å². The third-order valence-electron chi connectivity index (χ3n) is 2.55. The van der Waals surface area contributed by atoms with Gasteiger partial charge in [-0.1, -0.05) is 18.5 Å². The molecule has 0 aliphatic rings. The molecule has 0 aromatic carbocycles. The number of hydrogen-bond acceptors (Lipinski definition) is 5. The third-order valence-corrected chi connectivity index (χ3v) is 3.51. The van der Waals surface area contributed by atoms with Gasteiger partial charge in [-0.15, -0.1) is 11.3 Å². The zero-order valence-corrected chi connectivity index (χ0v) is 11.3. The summed E-state index contributed by atoms with van der Waals surface area (Å²) in [5, 5.41) is 17.1. The third kappa shape index (κ3) is 3.69. The lowest BCUT2D eigenvalue weighted by Gasteiger charge is -2.17. The van der Waals surface area contributed by atoms with Crippen LogP contribution < -0.4 is 11.1 Å². The number of nitrogens with two attached hydrogens (primary N) is 1. The van der Waals surface area contributed by atoms with Gasteiger partial charge in [0.25, 0.3) is 0 Å². The van der Waals surface area contributed by atoms with Crippen LogP contribution in [0, 0.1) is 5.92 Å². The van der Waals surface area contributed by atoms with Crippen molar-refractivity contribution in [3.63, 3.8) is 0 Å². The van der Waals surface area contributed by atoms with Gasteiger partial charge in [-0.05, 0) is 13.3 Å². The summed E-state index contributed by atoms with van der Waals surface area (Å²) in [6.45, 7) is 3.79. The Kier molecular flexibility index (Phi) is 5.57. The van der Waals surface area contributed by atoms with Crippen molar-refractivity contribution in [1.29, 1.82) is 0 Å². The van der Waals surface area contributed by atoms with Gasteiger partial charge in [-0.25, -0.2) is 4.98 Å². The monoisotopic (exact) mass is 270 g/mol. The van der Waals surface area contributed by atoms with Crippen molar-refractivity contribution in [2.45, 2.75) is 32.7 Å². The fraction of sp³-hybridized carbons (Fsp3) is 0.545. The molecule has 0 fully saturated rings. The van der Waals surface area contributed by atoms with Gasteiger partial charge in [-0.2, -0.15) is 0 Å². The zero-order chi connectivity index (χ0) is 13.5. The summed E-state index contributed by atoms with van der Waals surface area (Å²) in [5.74, 6) is -0.891. The first kappa shape index (κ1) is 14.4. The Labute approximate surface area is 110 Å². The zero-order valence-electron chi connectivity index (χ0n) is 10.5. The molecule has 6 nitrogen and oxygen atoms in total. The van der Waals surface area contributed by atoms with Gasteiger partial charge in [0.2, 0.25) is 5.91 Å². The SMILES string of the molecule is CCCC(C(=O)NC(C)c1nccs1)C(N)=NO. The molecule has 0 saturated carbocycles. The predicted octanol–water partition coefficient (Wildman–Crippen LogP) is 1.48. The first-order chi connectivity index (χ1) is 8.60. The normalized spacial score (nSPS) is 15.1. The van der Waals surface area contributed by atoms with Crippen molar-refractivity contribution in [3.05, 3.63) is 16.6 Å². The Bertz CT molecular complexity index is 405. The maximum atomic E-state index is 12.0. The molecule has 1 aromatic heterocycles. The van der Waals surface area contributed by atoms with Crippen LogP contribution >= 0.6 is 11.3 Å². The van der Waals surface area contributed by atoms with E-state index in [1.54, 1.807) is 6.20 Å². The predicted molar refractivity (Wildman–Crippen MR) is 70.5 cm³/mol. The Morgan fingerprint density at radius 1 is 1.72 bits per heavy atom. The molecule has 0 bridgehead atoms. The maximum Gasteiger partial charge on any atom is 0.231 e. The van der Waals surface area contributed by atoms with Crippen LogP contribution in [-0.2, 0) is 4.79 Å². The second-order valence-corrected chi connectivity index (χ2v) is 4.89. The molecule has 7 heteroatoms. The summed E-state index contributed by atoms with van der Waals surface area (Å²) in [5.41, 5.74) is 5.52. The minimum absolute atomic E-state index is 0.0549. The van der Waals surface area contributed by atoms with Crippen LogP contribution in [0.25, 0.3) is 0 Å². The Morgan fingerprint density at radius 3 is 2.94 bits per heavy atom. The van der Waals surface area contributed by atoms with Crippen molar-refractivity contribution < 1.29 is 10.0 Å². The fourth-order valence-electron chi connectivity index (χ4n) is 1.60. The van der Waals surface area contributed by atoms with Gasteiger partial charge >= 0.3 is 0 Å². The van der Waals surface area contributed by atoms with E-state index in [9.17, 15) is 4.79 Å². The quantitative estimate of drug-likeness (QED) is 0.315. The fourth-order valence-corrected chi connectivity index (χ4v) is 2.24. The number of amides is 1. The Hall–Kier alpha value is -1.63.